The van der Waals surface area contributed by atoms with E-state index < -0.39 is 47.4 Å². The number of aliphatic hydroxyl groups excluding tert-OH is 1. The summed E-state index contributed by atoms with van der Waals surface area (Å²) in [5.74, 6) is -0.395. The van der Waals surface area contributed by atoms with E-state index >= 15 is 0 Å². The minimum Gasteiger partial charge on any atom is -0.444 e. The highest BCUT2D eigenvalue weighted by Crippen LogP contribution is 2.31. The first-order valence-electron chi connectivity index (χ1n) is 12.9. The van der Waals surface area contributed by atoms with Crippen LogP contribution in [-0.4, -0.2) is 55.3 Å². The minimum absolute atomic E-state index is 0.167. The molecule has 0 saturated heterocycles. The number of alkyl carbamates (subject to hydrolysis) is 1. The Morgan fingerprint density at radius 2 is 1.82 bits per heavy atom. The number of alkyl halides is 3. The third-order valence-corrected chi connectivity index (χ3v) is 6.30. The fourth-order valence-corrected chi connectivity index (χ4v) is 3.87. The van der Waals surface area contributed by atoms with Gasteiger partial charge in [0.25, 0.3) is 5.91 Å². The van der Waals surface area contributed by atoms with Crippen LogP contribution in [0.4, 0.5) is 23.8 Å². The van der Waals surface area contributed by atoms with Crippen LogP contribution >= 0.6 is 0 Å². The van der Waals surface area contributed by atoms with Crippen LogP contribution in [0.2, 0.25) is 0 Å². The van der Waals surface area contributed by atoms with Crippen molar-refractivity contribution in [1.82, 2.24) is 25.3 Å². The molecule has 0 bridgehead atoms. The fourth-order valence-electron chi connectivity index (χ4n) is 3.87. The van der Waals surface area contributed by atoms with Gasteiger partial charge in [0.15, 0.2) is 6.10 Å². The van der Waals surface area contributed by atoms with Crippen LogP contribution < -0.4 is 10.6 Å². The Balaban J connectivity index is 1.67. The summed E-state index contributed by atoms with van der Waals surface area (Å²) in [5.41, 5.74) is -0.285. The van der Waals surface area contributed by atoms with Gasteiger partial charge in [-0.05, 0) is 24.6 Å². The van der Waals surface area contributed by atoms with Crippen LogP contribution in [-0.2, 0) is 22.3 Å². The molecule has 10 nitrogen and oxygen atoms in total. The van der Waals surface area contributed by atoms with E-state index in [9.17, 15) is 27.9 Å². The zero-order chi connectivity index (χ0) is 29.5. The smallest absolute Gasteiger partial charge is 0.416 e. The summed E-state index contributed by atoms with van der Waals surface area (Å²) in [5, 5.41) is 26.6. The summed E-state index contributed by atoms with van der Waals surface area (Å²) in [6.45, 7) is 7.76. The molecule has 13 heteroatoms. The molecule has 0 saturated carbocycles. The number of nitrogens with one attached hydrogen (secondary N) is 3. The summed E-state index contributed by atoms with van der Waals surface area (Å²) < 4.78 is 45.9. The van der Waals surface area contributed by atoms with Gasteiger partial charge >= 0.3 is 12.3 Å². The van der Waals surface area contributed by atoms with E-state index in [2.05, 4.69) is 25.9 Å². The Hall–Kier alpha value is -3.87. The van der Waals surface area contributed by atoms with Gasteiger partial charge in [-0.1, -0.05) is 52.7 Å². The Bertz CT molecular complexity index is 1240. The number of hydrogen-bond donors (Lipinski definition) is 4. The minimum atomic E-state index is -4.43. The van der Waals surface area contributed by atoms with Gasteiger partial charge in [0.05, 0.1) is 30.0 Å². The van der Waals surface area contributed by atoms with Gasteiger partial charge in [0.1, 0.15) is 11.9 Å². The van der Waals surface area contributed by atoms with Crippen molar-refractivity contribution >= 4 is 17.8 Å². The quantitative estimate of drug-likeness (QED) is 0.259. The predicted octanol–water partition coefficient (Wildman–Crippen LogP) is 4.99. The zero-order valence-corrected chi connectivity index (χ0v) is 22.8. The van der Waals surface area contributed by atoms with Crippen LogP contribution in [0.1, 0.15) is 52.5 Å². The number of ether oxygens (including phenoxy) is 1. The molecule has 0 aliphatic carbocycles. The molecule has 0 aliphatic heterocycles. The number of benzene rings is 1. The average molecular weight is 565 g/mol. The Labute approximate surface area is 230 Å². The van der Waals surface area contributed by atoms with E-state index in [0.29, 0.717) is 29.9 Å². The first-order chi connectivity index (χ1) is 18.8. The molecule has 1 aromatic carbocycles. The maximum absolute atomic E-state index is 12.9. The highest BCUT2D eigenvalue weighted by atomic mass is 19.4. The molecule has 3 rings (SSSR count). The maximum atomic E-state index is 12.9. The van der Waals surface area contributed by atoms with Crippen molar-refractivity contribution in [2.45, 2.75) is 77.9 Å². The molecule has 0 spiro atoms. The molecule has 0 aliphatic rings. The number of anilines is 1. The number of carbonyl (C=O) groups is 2. The number of nitrogens with zero attached hydrogens (tertiary/aromatic N) is 3. The van der Waals surface area contributed by atoms with E-state index in [1.54, 1.807) is 16.9 Å². The van der Waals surface area contributed by atoms with Crippen molar-refractivity contribution in [3.8, 4) is 11.3 Å². The Kier molecular flexibility index (Phi) is 9.96. The molecule has 2 heterocycles. The number of amides is 2. The van der Waals surface area contributed by atoms with Crippen molar-refractivity contribution in [2.24, 2.45) is 5.41 Å². The molecular formula is C27H35F3N6O4. The monoisotopic (exact) mass is 564 g/mol. The number of hydrogen-bond acceptors (Lipinski definition) is 6. The van der Waals surface area contributed by atoms with Gasteiger partial charge in [-0.15, -0.1) is 0 Å². The molecule has 4 N–H and O–H groups in total. The highest BCUT2D eigenvalue weighted by Gasteiger charge is 2.33. The zero-order valence-electron chi connectivity index (χ0n) is 22.8. The summed E-state index contributed by atoms with van der Waals surface area (Å²) in [6.07, 6.45) is -2.54. The van der Waals surface area contributed by atoms with Crippen LogP contribution in [0.5, 0.6) is 0 Å². The molecule has 1 unspecified atom stereocenters. The SMILES string of the molecule is CCCC[C@H](NC(=O)OC(Cn1ccc(-c2ccc(C(F)(F)F)cc2)n1)C(C)(C)C)[C@H](O)C(=O)Nc1ccn[nH]1. The largest absolute Gasteiger partial charge is 0.444 e. The van der Waals surface area contributed by atoms with Crippen molar-refractivity contribution in [3.05, 3.63) is 54.4 Å². The normalized spacial score (nSPS) is 14.3. The highest BCUT2D eigenvalue weighted by molar-refractivity contribution is 5.94. The van der Waals surface area contributed by atoms with Gasteiger partial charge in [0, 0.05) is 23.2 Å². The van der Waals surface area contributed by atoms with Crippen molar-refractivity contribution < 1.29 is 32.6 Å². The third kappa shape index (κ3) is 8.57. The van der Waals surface area contributed by atoms with Gasteiger partial charge < -0.3 is 20.5 Å². The third-order valence-electron chi connectivity index (χ3n) is 6.30. The van der Waals surface area contributed by atoms with E-state index in [1.165, 1.54) is 24.4 Å². The Morgan fingerprint density at radius 1 is 1.12 bits per heavy atom. The molecule has 0 fully saturated rings. The van der Waals surface area contributed by atoms with Crippen LogP contribution in [0.25, 0.3) is 11.3 Å². The molecule has 40 heavy (non-hydrogen) atoms. The second-order valence-electron chi connectivity index (χ2n) is 10.6. The van der Waals surface area contributed by atoms with Crippen molar-refractivity contribution in [1.29, 1.82) is 0 Å². The summed E-state index contributed by atoms with van der Waals surface area (Å²) >= 11 is 0. The number of H-pyrrole nitrogens is 1. The van der Waals surface area contributed by atoms with Crippen molar-refractivity contribution in [2.75, 3.05) is 5.32 Å². The first-order valence-corrected chi connectivity index (χ1v) is 12.9. The number of aliphatic hydroxyl groups is 1. The van der Waals surface area contributed by atoms with E-state index in [0.717, 1.165) is 18.6 Å². The standard InChI is InChI=1S/C27H35F3N6O4/c1-5-6-7-20(23(37)24(38)33-22-12-14-31-34-22)32-25(39)40-21(26(2,3)4)16-36-15-13-19(35-36)17-8-10-18(11-9-17)27(28,29)30/h8-15,20-21,23,37H,5-7,16H2,1-4H3,(H,32,39)(H2,31,33,34,38)/t20-,21?,23-/m0/s1. The molecular weight excluding hydrogens is 529 g/mol. The molecule has 3 atom stereocenters. The van der Waals surface area contributed by atoms with Crippen LogP contribution in [0, 0.1) is 5.41 Å². The number of carbonyl (C=O) groups excluding carboxylic acids is 2. The second kappa shape index (κ2) is 13.0. The maximum Gasteiger partial charge on any atom is 0.416 e. The molecule has 2 aromatic heterocycles. The van der Waals surface area contributed by atoms with E-state index in [1.807, 2.05) is 27.7 Å². The molecule has 2 amide bonds. The lowest BCUT2D eigenvalue weighted by Crippen LogP contribution is -2.50. The predicted molar refractivity (Wildman–Crippen MR) is 142 cm³/mol. The number of aromatic nitrogens is 4. The summed E-state index contributed by atoms with van der Waals surface area (Å²) in [7, 11) is 0. The lowest BCUT2D eigenvalue weighted by atomic mass is 9.89. The van der Waals surface area contributed by atoms with E-state index in [-0.39, 0.29) is 6.54 Å². The molecule has 3 aromatic rings. The number of aromatic amines is 1. The molecule has 0 radical (unpaired) electrons. The lowest BCUT2D eigenvalue weighted by Gasteiger charge is -2.31. The van der Waals surface area contributed by atoms with Crippen LogP contribution in [0.3, 0.4) is 0 Å². The van der Waals surface area contributed by atoms with Gasteiger partial charge in [-0.25, -0.2) is 4.79 Å². The number of unbranched alkanes of at least 4 members (excludes halogenated alkanes) is 1. The van der Waals surface area contributed by atoms with Crippen molar-refractivity contribution in [3.63, 3.8) is 0 Å². The average Bonchev–Trinajstić information content (AvgIpc) is 3.57. The summed E-state index contributed by atoms with van der Waals surface area (Å²) in [4.78, 5) is 25.5. The van der Waals surface area contributed by atoms with E-state index in [4.69, 9.17) is 4.74 Å². The topological polar surface area (TPSA) is 134 Å². The van der Waals surface area contributed by atoms with Gasteiger partial charge in [-0.3, -0.25) is 14.6 Å². The number of rotatable bonds is 11. The van der Waals surface area contributed by atoms with Crippen LogP contribution in [0.15, 0.2) is 48.8 Å². The Morgan fingerprint density at radius 3 is 2.40 bits per heavy atom. The lowest BCUT2D eigenvalue weighted by molar-refractivity contribution is -0.137. The van der Waals surface area contributed by atoms with Gasteiger partial charge in [0.2, 0.25) is 0 Å². The van der Waals surface area contributed by atoms with Gasteiger partial charge in [-0.2, -0.15) is 23.4 Å². The summed E-state index contributed by atoms with van der Waals surface area (Å²) in [6, 6.07) is 7.00. The fraction of sp³-hybridized carbons (Fsp3) is 0.481. The first kappa shape index (κ1) is 30.7. The second-order valence-corrected chi connectivity index (χ2v) is 10.6. The molecule has 218 valence electrons. The number of halogens is 3.